The molecule has 1 aromatic heterocycles. The summed E-state index contributed by atoms with van der Waals surface area (Å²) < 4.78 is 0.856. The lowest BCUT2D eigenvalue weighted by Gasteiger charge is -2.10. The van der Waals surface area contributed by atoms with Gasteiger partial charge in [-0.15, -0.1) is 0 Å². The predicted octanol–water partition coefficient (Wildman–Crippen LogP) is 5.00. The molecule has 3 rings (SSSR count). The van der Waals surface area contributed by atoms with E-state index in [9.17, 15) is 0 Å². The highest BCUT2D eigenvalue weighted by atomic mass is 79.9. The predicted molar refractivity (Wildman–Crippen MR) is 81.5 cm³/mol. The van der Waals surface area contributed by atoms with Crippen LogP contribution in [0.25, 0.3) is 11.4 Å². The second-order valence-corrected chi connectivity index (χ2v) is 5.97. The maximum absolute atomic E-state index is 6.24. The fourth-order valence-electron chi connectivity index (χ4n) is 2.23. The lowest BCUT2D eigenvalue weighted by atomic mass is 10.0. The van der Waals surface area contributed by atoms with Crippen molar-refractivity contribution in [3.05, 3.63) is 45.1 Å². The molecule has 19 heavy (non-hydrogen) atoms. The number of halogens is 2. The summed E-state index contributed by atoms with van der Waals surface area (Å²) in [5.74, 6) is 1.29. The summed E-state index contributed by atoms with van der Waals surface area (Å²) in [4.78, 5) is 9.16. The number of nitrogens with zero attached hydrogens (tertiary/aromatic N) is 2. The zero-order valence-corrected chi connectivity index (χ0v) is 13.0. The summed E-state index contributed by atoms with van der Waals surface area (Å²) in [5.41, 5.74) is 3.39. The molecule has 0 atom stereocenters. The lowest BCUT2D eigenvalue weighted by molar-refractivity contribution is 0.975. The molecule has 0 saturated heterocycles. The summed E-state index contributed by atoms with van der Waals surface area (Å²) in [6.07, 6.45) is 3.35. The molecule has 0 radical (unpaired) electrons. The Balaban J connectivity index is 2.14. The Morgan fingerprint density at radius 2 is 2.00 bits per heavy atom. The van der Waals surface area contributed by atoms with Gasteiger partial charge in [0.2, 0.25) is 0 Å². The molecule has 4 heteroatoms. The van der Waals surface area contributed by atoms with E-state index in [-0.39, 0.29) is 0 Å². The Kier molecular flexibility index (Phi) is 3.59. The highest BCUT2D eigenvalue weighted by Gasteiger charge is 2.29. The third-order valence-electron chi connectivity index (χ3n) is 3.44. The van der Waals surface area contributed by atoms with E-state index in [4.69, 9.17) is 16.6 Å². The third kappa shape index (κ3) is 2.54. The summed E-state index contributed by atoms with van der Waals surface area (Å²) in [5, 5.41) is 0.512. The van der Waals surface area contributed by atoms with Crippen molar-refractivity contribution in [2.45, 2.75) is 32.1 Å². The van der Waals surface area contributed by atoms with Crippen molar-refractivity contribution >= 4 is 27.5 Å². The largest absolute Gasteiger partial charge is 0.231 e. The quantitative estimate of drug-likeness (QED) is 0.737. The van der Waals surface area contributed by atoms with Crippen LogP contribution in [0, 0.1) is 0 Å². The molecular weight excluding hydrogens is 324 g/mol. The first kappa shape index (κ1) is 13.1. The molecule has 0 N–H and O–H groups in total. The zero-order chi connectivity index (χ0) is 13.4. The first-order valence-corrected chi connectivity index (χ1v) is 7.69. The summed E-state index contributed by atoms with van der Waals surface area (Å²) >= 11 is 9.74. The number of aryl methyl sites for hydroxylation is 1. The van der Waals surface area contributed by atoms with Crippen molar-refractivity contribution in [1.29, 1.82) is 0 Å². The van der Waals surface area contributed by atoms with Gasteiger partial charge in [-0.2, -0.15) is 0 Å². The Labute approximate surface area is 126 Å². The second kappa shape index (κ2) is 5.22. The van der Waals surface area contributed by atoms with Crippen LogP contribution in [0.15, 0.2) is 28.7 Å². The Bertz CT molecular complexity index is 624. The maximum atomic E-state index is 6.24. The van der Waals surface area contributed by atoms with E-state index in [1.165, 1.54) is 18.4 Å². The Hall–Kier alpha value is -0.930. The molecule has 1 saturated carbocycles. The molecule has 0 amide bonds. The van der Waals surface area contributed by atoms with Crippen molar-refractivity contribution < 1.29 is 0 Å². The highest BCUT2D eigenvalue weighted by Crippen LogP contribution is 2.44. The number of hydrogen-bond donors (Lipinski definition) is 0. The van der Waals surface area contributed by atoms with Gasteiger partial charge < -0.3 is 0 Å². The van der Waals surface area contributed by atoms with Gasteiger partial charge in [-0.25, -0.2) is 9.97 Å². The van der Waals surface area contributed by atoms with E-state index in [1.807, 2.05) is 12.1 Å². The summed E-state index contributed by atoms with van der Waals surface area (Å²) in [6.45, 7) is 2.14. The average Bonchev–Trinajstić information content (AvgIpc) is 3.26. The van der Waals surface area contributed by atoms with Gasteiger partial charge in [0.05, 0.1) is 10.2 Å². The van der Waals surface area contributed by atoms with Gasteiger partial charge in [-0.3, -0.25) is 0 Å². The fraction of sp³-hybridized carbons (Fsp3) is 0.333. The van der Waals surface area contributed by atoms with Crippen LogP contribution >= 0.6 is 27.5 Å². The van der Waals surface area contributed by atoms with Crippen LogP contribution in [0.3, 0.4) is 0 Å². The van der Waals surface area contributed by atoms with Crippen molar-refractivity contribution in [2.75, 3.05) is 0 Å². The van der Waals surface area contributed by atoms with E-state index >= 15 is 0 Å². The van der Waals surface area contributed by atoms with Crippen LogP contribution in [-0.2, 0) is 6.42 Å². The molecule has 2 aromatic rings. The first-order chi connectivity index (χ1) is 9.20. The van der Waals surface area contributed by atoms with Gasteiger partial charge in [0.25, 0.3) is 0 Å². The van der Waals surface area contributed by atoms with Gasteiger partial charge in [0, 0.05) is 11.5 Å². The number of rotatable bonds is 3. The van der Waals surface area contributed by atoms with E-state index in [0.29, 0.717) is 11.1 Å². The normalized spacial score (nSPS) is 14.7. The smallest absolute Gasteiger partial charge is 0.161 e. The lowest BCUT2D eigenvalue weighted by Crippen LogP contribution is -1.99. The second-order valence-electron chi connectivity index (χ2n) is 4.82. The van der Waals surface area contributed by atoms with Gasteiger partial charge in [-0.1, -0.05) is 42.8 Å². The molecule has 98 valence electrons. The van der Waals surface area contributed by atoms with E-state index in [1.54, 1.807) is 0 Å². The van der Waals surface area contributed by atoms with Gasteiger partial charge in [0.15, 0.2) is 5.82 Å². The number of aromatic nitrogens is 2. The van der Waals surface area contributed by atoms with Crippen molar-refractivity contribution in [1.82, 2.24) is 9.97 Å². The molecule has 0 unspecified atom stereocenters. The molecular formula is C15H14BrClN2. The fourth-order valence-corrected chi connectivity index (χ4v) is 2.91. The molecule has 1 heterocycles. The van der Waals surface area contributed by atoms with E-state index in [0.717, 1.165) is 28.0 Å². The van der Waals surface area contributed by atoms with Crippen molar-refractivity contribution in [3.63, 3.8) is 0 Å². The van der Waals surface area contributed by atoms with Gasteiger partial charge in [0.1, 0.15) is 5.15 Å². The molecule has 0 spiro atoms. The Morgan fingerprint density at radius 3 is 2.68 bits per heavy atom. The summed E-state index contributed by atoms with van der Waals surface area (Å²) in [7, 11) is 0. The molecule has 1 aliphatic rings. The minimum absolute atomic E-state index is 0.512. The van der Waals surface area contributed by atoms with Gasteiger partial charge in [-0.05, 0) is 40.8 Å². The van der Waals surface area contributed by atoms with Crippen molar-refractivity contribution in [2.24, 2.45) is 0 Å². The topological polar surface area (TPSA) is 25.8 Å². The van der Waals surface area contributed by atoms with Crippen LogP contribution < -0.4 is 0 Å². The standard InChI is InChI=1S/C15H14BrClN2/c1-2-9-5-3-4-6-11(9)15-18-13(10-7-8-10)12(16)14(17)19-15/h3-6,10H,2,7-8H2,1H3. The molecule has 1 aliphatic carbocycles. The zero-order valence-electron chi connectivity index (χ0n) is 10.7. The maximum Gasteiger partial charge on any atom is 0.161 e. The summed E-state index contributed by atoms with van der Waals surface area (Å²) in [6, 6.07) is 8.25. The Morgan fingerprint density at radius 1 is 1.26 bits per heavy atom. The van der Waals surface area contributed by atoms with Gasteiger partial charge >= 0.3 is 0 Å². The molecule has 0 bridgehead atoms. The van der Waals surface area contributed by atoms with E-state index in [2.05, 4.69) is 40.0 Å². The SMILES string of the molecule is CCc1ccccc1-c1nc(Cl)c(Br)c(C2CC2)n1. The van der Waals surface area contributed by atoms with Crippen LogP contribution in [-0.4, -0.2) is 9.97 Å². The van der Waals surface area contributed by atoms with Crippen LogP contribution in [0.2, 0.25) is 5.15 Å². The first-order valence-electron chi connectivity index (χ1n) is 6.52. The third-order valence-corrected chi connectivity index (χ3v) is 4.72. The molecule has 1 aromatic carbocycles. The average molecular weight is 338 g/mol. The van der Waals surface area contributed by atoms with Crippen LogP contribution in [0.4, 0.5) is 0 Å². The van der Waals surface area contributed by atoms with E-state index < -0.39 is 0 Å². The minimum Gasteiger partial charge on any atom is -0.231 e. The highest BCUT2D eigenvalue weighted by molar-refractivity contribution is 9.10. The van der Waals surface area contributed by atoms with Crippen LogP contribution in [0.1, 0.15) is 36.9 Å². The number of benzene rings is 1. The number of hydrogen-bond acceptors (Lipinski definition) is 2. The molecule has 1 fully saturated rings. The monoisotopic (exact) mass is 336 g/mol. The molecule has 2 nitrogen and oxygen atoms in total. The minimum atomic E-state index is 0.512. The molecule has 0 aliphatic heterocycles. The van der Waals surface area contributed by atoms with Crippen LogP contribution in [0.5, 0.6) is 0 Å². The van der Waals surface area contributed by atoms with Crippen molar-refractivity contribution in [3.8, 4) is 11.4 Å².